The van der Waals surface area contributed by atoms with E-state index in [1.165, 1.54) is 5.56 Å². The molecule has 0 aliphatic carbocycles. The maximum atomic E-state index is 10.1. The van der Waals surface area contributed by atoms with Gasteiger partial charge in [0.15, 0.2) is 11.5 Å². The Kier molecular flexibility index (Phi) is 6.45. The minimum absolute atomic E-state index is 0.0362. The van der Waals surface area contributed by atoms with Crippen LogP contribution in [-0.2, 0) is 13.1 Å². The van der Waals surface area contributed by atoms with Crippen LogP contribution in [0.4, 0.5) is 0 Å². The molecule has 0 unspecified atom stereocenters. The first-order chi connectivity index (χ1) is 13.1. The molecule has 0 saturated carbocycles. The minimum atomic E-state index is 0.0362. The number of aromatic hydroxyl groups is 1. The Balaban J connectivity index is 1.84. The molecule has 0 aromatic heterocycles. The molecule has 3 rings (SSSR count). The fourth-order valence-electron chi connectivity index (χ4n) is 3.56. The molecule has 1 N–H and O–H groups in total. The first kappa shape index (κ1) is 19.4. The van der Waals surface area contributed by atoms with Crippen molar-refractivity contribution in [2.45, 2.75) is 45.4 Å². The summed E-state index contributed by atoms with van der Waals surface area (Å²) in [4.78, 5) is 2.39. The van der Waals surface area contributed by atoms with E-state index in [-0.39, 0.29) is 11.9 Å². The topological polar surface area (TPSA) is 51.2 Å². The third-order valence-corrected chi connectivity index (χ3v) is 4.95. The largest absolute Gasteiger partial charge is 0.502 e. The van der Waals surface area contributed by atoms with Crippen molar-refractivity contribution in [3.8, 4) is 23.0 Å². The summed E-state index contributed by atoms with van der Waals surface area (Å²) in [6.07, 6.45) is 3.54. The number of hydrogen-bond acceptors (Lipinski definition) is 5. The number of nitrogens with zero attached hydrogens (tertiary/aromatic N) is 1. The van der Waals surface area contributed by atoms with E-state index < -0.39 is 0 Å². The molecule has 2 aromatic rings. The van der Waals surface area contributed by atoms with Crippen LogP contribution < -0.4 is 14.2 Å². The Morgan fingerprint density at radius 3 is 2.52 bits per heavy atom. The molecule has 146 valence electrons. The van der Waals surface area contributed by atoms with Crippen molar-refractivity contribution < 1.29 is 19.3 Å². The van der Waals surface area contributed by atoms with Crippen LogP contribution in [0.25, 0.3) is 0 Å². The second-order valence-corrected chi connectivity index (χ2v) is 7.01. The van der Waals surface area contributed by atoms with Crippen LogP contribution in [0.15, 0.2) is 36.4 Å². The van der Waals surface area contributed by atoms with Crippen LogP contribution >= 0.6 is 0 Å². The average molecular weight is 371 g/mol. The zero-order valence-corrected chi connectivity index (χ0v) is 16.4. The Labute approximate surface area is 161 Å². The Hall–Kier alpha value is -2.40. The lowest BCUT2D eigenvalue weighted by molar-refractivity contribution is 0.133. The van der Waals surface area contributed by atoms with Gasteiger partial charge >= 0.3 is 0 Å². The Bertz CT molecular complexity index is 737. The van der Waals surface area contributed by atoms with Crippen molar-refractivity contribution in [1.82, 2.24) is 4.90 Å². The lowest BCUT2D eigenvalue weighted by Gasteiger charge is -2.24. The molecular weight excluding hydrogens is 342 g/mol. The highest BCUT2D eigenvalue weighted by atomic mass is 16.5. The maximum Gasteiger partial charge on any atom is 0.200 e. The second-order valence-electron chi connectivity index (χ2n) is 7.01. The van der Waals surface area contributed by atoms with Gasteiger partial charge in [-0.15, -0.1) is 0 Å². The van der Waals surface area contributed by atoms with E-state index in [0.29, 0.717) is 11.5 Å². The van der Waals surface area contributed by atoms with Gasteiger partial charge in [-0.25, -0.2) is 0 Å². The summed E-state index contributed by atoms with van der Waals surface area (Å²) in [7, 11) is 3.10. The van der Waals surface area contributed by atoms with Crippen molar-refractivity contribution in [1.29, 1.82) is 0 Å². The number of phenolic OH excluding ortho intramolecular Hbond substituents is 1. The maximum absolute atomic E-state index is 10.1. The van der Waals surface area contributed by atoms with E-state index in [4.69, 9.17) is 14.2 Å². The average Bonchev–Trinajstić information content (AvgIpc) is 2.85. The number of ether oxygens (including phenoxy) is 3. The smallest absolute Gasteiger partial charge is 0.200 e. The summed E-state index contributed by atoms with van der Waals surface area (Å²) in [5, 5.41) is 10.1. The molecule has 0 spiro atoms. The van der Waals surface area contributed by atoms with Crippen LogP contribution in [-0.4, -0.2) is 36.9 Å². The first-order valence-corrected chi connectivity index (χ1v) is 9.55. The molecular formula is C22H29NO4. The predicted molar refractivity (Wildman–Crippen MR) is 106 cm³/mol. The van der Waals surface area contributed by atoms with Crippen LogP contribution in [0.5, 0.6) is 23.0 Å². The van der Waals surface area contributed by atoms with E-state index >= 15 is 0 Å². The first-order valence-electron chi connectivity index (χ1n) is 9.55. The SMILES string of the molecule is CCCC[C@H]1CN(Cc2cc(OC)c(O)c(OC)c2)Cc2ccccc2O1. The third kappa shape index (κ3) is 4.66. The molecule has 2 aromatic carbocycles. The van der Waals surface area contributed by atoms with Gasteiger partial charge in [-0.3, -0.25) is 4.90 Å². The lowest BCUT2D eigenvalue weighted by Crippen LogP contribution is -2.32. The molecule has 5 nitrogen and oxygen atoms in total. The van der Waals surface area contributed by atoms with Gasteiger partial charge in [0.2, 0.25) is 5.75 Å². The molecule has 27 heavy (non-hydrogen) atoms. The second kappa shape index (κ2) is 9.00. The normalized spacial score (nSPS) is 16.9. The molecule has 5 heteroatoms. The number of phenols is 1. The van der Waals surface area contributed by atoms with Crippen molar-refractivity contribution in [3.05, 3.63) is 47.5 Å². The lowest BCUT2D eigenvalue weighted by atomic mass is 10.1. The molecule has 1 heterocycles. The van der Waals surface area contributed by atoms with Gasteiger partial charge in [0.25, 0.3) is 0 Å². The van der Waals surface area contributed by atoms with Crippen LogP contribution in [0.2, 0.25) is 0 Å². The van der Waals surface area contributed by atoms with E-state index in [0.717, 1.165) is 50.2 Å². The number of methoxy groups -OCH3 is 2. The number of fused-ring (bicyclic) bond motifs is 1. The van der Waals surface area contributed by atoms with Gasteiger partial charge in [-0.1, -0.05) is 31.5 Å². The zero-order chi connectivity index (χ0) is 19.2. The standard InChI is InChI=1S/C22H29NO4/c1-4-5-9-18-15-23(14-17-8-6-7-10-19(17)27-18)13-16-11-20(25-2)22(24)21(12-16)26-3/h6-8,10-12,18,24H,4-5,9,13-15H2,1-3H3/t18-/m0/s1. The van der Waals surface area contributed by atoms with Crippen molar-refractivity contribution in [2.24, 2.45) is 0 Å². The summed E-state index contributed by atoms with van der Waals surface area (Å²) in [6.45, 7) is 4.62. The molecule has 0 radical (unpaired) electrons. The molecule has 1 aliphatic heterocycles. The van der Waals surface area contributed by atoms with Gasteiger partial charge in [-0.05, 0) is 36.6 Å². The highest BCUT2D eigenvalue weighted by molar-refractivity contribution is 5.52. The predicted octanol–water partition coefficient (Wildman–Crippen LogP) is 4.36. The van der Waals surface area contributed by atoms with Crippen LogP contribution in [0, 0.1) is 0 Å². The molecule has 1 atom stereocenters. The van der Waals surface area contributed by atoms with Crippen LogP contribution in [0.3, 0.4) is 0 Å². The molecule has 0 amide bonds. The van der Waals surface area contributed by atoms with Gasteiger partial charge < -0.3 is 19.3 Å². The van der Waals surface area contributed by atoms with E-state index in [1.54, 1.807) is 14.2 Å². The number of rotatable bonds is 7. The number of unbranched alkanes of at least 4 members (excludes halogenated alkanes) is 1. The zero-order valence-electron chi connectivity index (χ0n) is 16.4. The fraction of sp³-hybridized carbons (Fsp3) is 0.455. The Morgan fingerprint density at radius 1 is 1.15 bits per heavy atom. The minimum Gasteiger partial charge on any atom is -0.502 e. The monoisotopic (exact) mass is 371 g/mol. The number of para-hydroxylation sites is 1. The van der Waals surface area contributed by atoms with Gasteiger partial charge in [0.05, 0.1) is 14.2 Å². The summed E-state index contributed by atoms with van der Waals surface area (Å²) < 4.78 is 16.9. The summed E-state index contributed by atoms with van der Waals surface area (Å²) >= 11 is 0. The van der Waals surface area contributed by atoms with Gasteiger partial charge in [0, 0.05) is 25.2 Å². The number of benzene rings is 2. The quantitative estimate of drug-likeness (QED) is 0.784. The Morgan fingerprint density at radius 2 is 1.85 bits per heavy atom. The summed E-state index contributed by atoms with van der Waals surface area (Å²) in [5.41, 5.74) is 2.24. The highest BCUT2D eigenvalue weighted by Gasteiger charge is 2.23. The highest BCUT2D eigenvalue weighted by Crippen LogP contribution is 2.38. The molecule has 1 aliphatic rings. The molecule has 0 saturated heterocycles. The fourth-order valence-corrected chi connectivity index (χ4v) is 3.56. The van der Waals surface area contributed by atoms with Crippen molar-refractivity contribution in [2.75, 3.05) is 20.8 Å². The summed E-state index contributed by atoms with van der Waals surface area (Å²) in [6, 6.07) is 12.0. The van der Waals surface area contributed by atoms with Gasteiger partial charge in [-0.2, -0.15) is 0 Å². The molecule has 0 bridgehead atoms. The van der Waals surface area contributed by atoms with Gasteiger partial charge in [0.1, 0.15) is 11.9 Å². The molecule has 0 fully saturated rings. The third-order valence-electron chi connectivity index (χ3n) is 4.95. The van der Waals surface area contributed by atoms with E-state index in [1.807, 2.05) is 18.2 Å². The summed E-state index contributed by atoms with van der Waals surface area (Å²) in [5.74, 6) is 1.88. The number of hydrogen-bond donors (Lipinski definition) is 1. The van der Waals surface area contributed by atoms with E-state index in [9.17, 15) is 5.11 Å². The van der Waals surface area contributed by atoms with E-state index in [2.05, 4.69) is 30.0 Å². The van der Waals surface area contributed by atoms with Crippen LogP contribution in [0.1, 0.15) is 37.3 Å². The van der Waals surface area contributed by atoms with Crippen molar-refractivity contribution in [3.63, 3.8) is 0 Å². The van der Waals surface area contributed by atoms with Crippen molar-refractivity contribution >= 4 is 0 Å².